The molecule has 0 spiro atoms. The van der Waals surface area contributed by atoms with E-state index < -0.39 is 0 Å². The van der Waals surface area contributed by atoms with Crippen molar-refractivity contribution in [2.75, 3.05) is 5.32 Å². The van der Waals surface area contributed by atoms with Crippen molar-refractivity contribution in [3.63, 3.8) is 0 Å². The lowest BCUT2D eigenvalue weighted by atomic mass is 10.1. The van der Waals surface area contributed by atoms with Crippen LogP contribution in [0.3, 0.4) is 0 Å². The number of rotatable bonds is 4. The number of carbonyl (C=O) groups excluding carboxylic acids is 1. The van der Waals surface area contributed by atoms with E-state index in [1.807, 2.05) is 6.92 Å². The molecule has 6 heteroatoms. The summed E-state index contributed by atoms with van der Waals surface area (Å²) >= 11 is 11.5. The Balaban J connectivity index is 2.72. The highest BCUT2D eigenvalue weighted by Gasteiger charge is 2.11. The monoisotopic (exact) mass is 276 g/mol. The molecule has 0 bridgehead atoms. The lowest BCUT2D eigenvalue weighted by molar-refractivity contribution is -0.116. The topological polar surface area (TPSA) is 75.4 Å². The minimum atomic E-state index is -0.211. The number of aromatic hydroxyl groups is 1. The number of phenolic OH excluding ortho intramolecular Hbond substituents is 1. The Morgan fingerprint density at radius 1 is 1.47 bits per heavy atom. The lowest BCUT2D eigenvalue weighted by Crippen LogP contribution is -2.26. The molecule has 0 aliphatic rings. The number of hydrogen-bond donors (Lipinski definition) is 3. The molecule has 94 valence electrons. The maximum absolute atomic E-state index is 11.5. The smallest absolute Gasteiger partial charge is 0.225 e. The van der Waals surface area contributed by atoms with Crippen molar-refractivity contribution in [3.8, 4) is 5.75 Å². The molecule has 0 aliphatic carbocycles. The zero-order valence-electron chi connectivity index (χ0n) is 9.34. The highest BCUT2D eigenvalue weighted by atomic mass is 35.5. The molecule has 1 amide bonds. The lowest BCUT2D eigenvalue weighted by Gasteiger charge is -2.10. The van der Waals surface area contributed by atoms with E-state index >= 15 is 0 Å². The number of benzene rings is 1. The van der Waals surface area contributed by atoms with Crippen LogP contribution in [0, 0.1) is 0 Å². The van der Waals surface area contributed by atoms with Gasteiger partial charge in [0.2, 0.25) is 5.91 Å². The van der Waals surface area contributed by atoms with Gasteiger partial charge in [-0.05, 0) is 18.6 Å². The standard InChI is InChI=1S/C11H14Cl2N2O2/c1-2-6(14)3-10(16)15-7-4-8(12)11(17)9(13)5-7/h4-6,17H,2-3,14H2,1H3,(H,15,16). The summed E-state index contributed by atoms with van der Waals surface area (Å²) < 4.78 is 0. The van der Waals surface area contributed by atoms with Crippen LogP contribution in [0.2, 0.25) is 10.0 Å². The van der Waals surface area contributed by atoms with Crippen molar-refractivity contribution in [2.24, 2.45) is 5.73 Å². The predicted molar refractivity (Wildman–Crippen MR) is 69.6 cm³/mol. The normalized spacial score (nSPS) is 12.2. The fraction of sp³-hybridized carbons (Fsp3) is 0.364. The van der Waals surface area contributed by atoms with Gasteiger partial charge in [0.05, 0.1) is 10.0 Å². The van der Waals surface area contributed by atoms with Crippen LogP contribution < -0.4 is 11.1 Å². The first-order chi connectivity index (χ1) is 7.93. The third kappa shape index (κ3) is 4.07. The quantitative estimate of drug-likeness (QED) is 0.741. The van der Waals surface area contributed by atoms with Crippen molar-refractivity contribution in [3.05, 3.63) is 22.2 Å². The number of amides is 1. The van der Waals surface area contributed by atoms with Crippen LogP contribution in [0.1, 0.15) is 19.8 Å². The average Bonchev–Trinajstić information content (AvgIpc) is 2.25. The second kappa shape index (κ2) is 6.10. The Labute approximate surface area is 110 Å². The molecule has 1 aromatic carbocycles. The maximum atomic E-state index is 11.5. The summed E-state index contributed by atoms with van der Waals surface area (Å²) in [6.45, 7) is 1.91. The maximum Gasteiger partial charge on any atom is 0.225 e. The molecule has 1 aromatic rings. The van der Waals surface area contributed by atoms with Crippen LogP contribution in [-0.2, 0) is 4.79 Å². The third-order valence-electron chi connectivity index (χ3n) is 2.27. The van der Waals surface area contributed by atoms with Crippen LogP contribution in [0.4, 0.5) is 5.69 Å². The molecule has 0 fully saturated rings. The van der Waals surface area contributed by atoms with Gasteiger partial charge in [0.15, 0.2) is 5.75 Å². The number of nitrogens with one attached hydrogen (secondary N) is 1. The third-order valence-corrected chi connectivity index (χ3v) is 2.85. The van der Waals surface area contributed by atoms with Crippen LogP contribution in [0.25, 0.3) is 0 Å². The Morgan fingerprint density at radius 3 is 2.47 bits per heavy atom. The van der Waals surface area contributed by atoms with Gasteiger partial charge >= 0.3 is 0 Å². The molecular formula is C11H14Cl2N2O2. The molecular weight excluding hydrogens is 263 g/mol. The van der Waals surface area contributed by atoms with Gasteiger partial charge in [-0.1, -0.05) is 30.1 Å². The van der Waals surface area contributed by atoms with E-state index in [4.69, 9.17) is 28.9 Å². The van der Waals surface area contributed by atoms with E-state index in [9.17, 15) is 9.90 Å². The van der Waals surface area contributed by atoms with E-state index in [1.165, 1.54) is 12.1 Å². The SMILES string of the molecule is CCC(N)CC(=O)Nc1cc(Cl)c(O)c(Cl)c1. The fourth-order valence-corrected chi connectivity index (χ4v) is 1.72. The minimum absolute atomic E-state index is 0.0904. The van der Waals surface area contributed by atoms with Gasteiger partial charge in [-0.15, -0.1) is 0 Å². The van der Waals surface area contributed by atoms with Crippen LogP contribution in [-0.4, -0.2) is 17.1 Å². The van der Waals surface area contributed by atoms with E-state index in [0.29, 0.717) is 5.69 Å². The predicted octanol–water partition coefficient (Wildman–Crippen LogP) is 2.76. The number of carbonyl (C=O) groups is 1. The molecule has 4 nitrogen and oxygen atoms in total. The van der Waals surface area contributed by atoms with Crippen molar-refractivity contribution >= 4 is 34.8 Å². The summed E-state index contributed by atoms with van der Waals surface area (Å²) in [4.78, 5) is 11.5. The van der Waals surface area contributed by atoms with Crippen molar-refractivity contribution in [1.29, 1.82) is 0 Å². The van der Waals surface area contributed by atoms with Crippen LogP contribution in [0.5, 0.6) is 5.75 Å². The largest absolute Gasteiger partial charge is 0.505 e. The number of halogens is 2. The van der Waals surface area contributed by atoms with Gasteiger partial charge in [0.1, 0.15) is 0 Å². The summed E-state index contributed by atoms with van der Waals surface area (Å²) in [5, 5.41) is 12.1. The van der Waals surface area contributed by atoms with Gasteiger partial charge in [-0.2, -0.15) is 0 Å². The number of nitrogens with two attached hydrogens (primary N) is 1. The zero-order chi connectivity index (χ0) is 13.0. The second-order valence-electron chi connectivity index (χ2n) is 3.71. The molecule has 1 unspecified atom stereocenters. The molecule has 0 aromatic heterocycles. The molecule has 0 aliphatic heterocycles. The van der Waals surface area contributed by atoms with Gasteiger partial charge in [0.25, 0.3) is 0 Å². The van der Waals surface area contributed by atoms with Gasteiger partial charge in [0, 0.05) is 18.2 Å². The first-order valence-corrected chi connectivity index (χ1v) is 5.93. The van der Waals surface area contributed by atoms with Crippen molar-refractivity contribution in [2.45, 2.75) is 25.8 Å². The van der Waals surface area contributed by atoms with E-state index in [0.717, 1.165) is 6.42 Å². The minimum Gasteiger partial charge on any atom is -0.505 e. The summed E-state index contributed by atoms with van der Waals surface area (Å²) in [6.07, 6.45) is 0.955. The second-order valence-corrected chi connectivity index (χ2v) is 4.52. The molecule has 0 heterocycles. The fourth-order valence-electron chi connectivity index (χ4n) is 1.23. The molecule has 0 saturated carbocycles. The molecule has 1 rings (SSSR count). The molecule has 0 saturated heterocycles. The molecule has 17 heavy (non-hydrogen) atoms. The molecule has 1 atom stereocenters. The number of phenols is 1. The zero-order valence-corrected chi connectivity index (χ0v) is 10.8. The summed E-state index contributed by atoms with van der Waals surface area (Å²) in [6, 6.07) is 2.69. The highest BCUT2D eigenvalue weighted by molar-refractivity contribution is 6.37. The van der Waals surface area contributed by atoms with E-state index in [-0.39, 0.29) is 34.2 Å². The number of hydrogen-bond acceptors (Lipinski definition) is 3. The van der Waals surface area contributed by atoms with E-state index in [1.54, 1.807) is 0 Å². The van der Waals surface area contributed by atoms with Gasteiger partial charge < -0.3 is 16.2 Å². The molecule has 0 radical (unpaired) electrons. The average molecular weight is 277 g/mol. The first-order valence-electron chi connectivity index (χ1n) is 5.17. The Morgan fingerprint density at radius 2 is 2.00 bits per heavy atom. The van der Waals surface area contributed by atoms with Crippen molar-refractivity contribution < 1.29 is 9.90 Å². The Hall–Kier alpha value is -0.970. The number of anilines is 1. The van der Waals surface area contributed by atoms with Crippen LogP contribution >= 0.6 is 23.2 Å². The molecule has 4 N–H and O–H groups in total. The van der Waals surface area contributed by atoms with E-state index in [2.05, 4.69) is 5.32 Å². The van der Waals surface area contributed by atoms with Crippen molar-refractivity contribution in [1.82, 2.24) is 0 Å². The summed E-state index contributed by atoms with van der Waals surface area (Å²) in [5.74, 6) is -0.409. The van der Waals surface area contributed by atoms with Crippen LogP contribution in [0.15, 0.2) is 12.1 Å². The Kier molecular flexibility index (Phi) is 5.05. The summed E-state index contributed by atoms with van der Waals surface area (Å²) in [5.41, 5.74) is 6.09. The Bertz CT molecular complexity index is 401. The first kappa shape index (κ1) is 14.1. The van der Waals surface area contributed by atoms with Gasteiger partial charge in [-0.3, -0.25) is 4.79 Å². The summed E-state index contributed by atoms with van der Waals surface area (Å²) in [7, 11) is 0. The van der Waals surface area contributed by atoms with Gasteiger partial charge in [-0.25, -0.2) is 0 Å². The highest BCUT2D eigenvalue weighted by Crippen LogP contribution is 2.34.